The van der Waals surface area contributed by atoms with E-state index in [0.717, 1.165) is 30.9 Å². The third-order valence-corrected chi connectivity index (χ3v) is 6.82. The van der Waals surface area contributed by atoms with Crippen LogP contribution < -0.4 is 16.4 Å². The molecule has 4 rings (SSSR count). The Morgan fingerprint density at radius 3 is 2.51 bits per heavy atom. The number of anilines is 3. The maximum atomic E-state index is 14.0. The number of hydrogen-bond donors (Lipinski definition) is 4. The molecular formula is C29H31F3N8O. The van der Waals surface area contributed by atoms with E-state index in [1.807, 2.05) is 18.9 Å². The molecule has 0 aliphatic carbocycles. The average molecular weight is 565 g/mol. The van der Waals surface area contributed by atoms with Crippen LogP contribution in [0.1, 0.15) is 43.9 Å². The first-order valence-corrected chi connectivity index (χ1v) is 12.9. The molecule has 0 unspecified atom stereocenters. The quantitative estimate of drug-likeness (QED) is 0.265. The van der Waals surface area contributed by atoms with Crippen molar-refractivity contribution < 1.29 is 18.0 Å². The van der Waals surface area contributed by atoms with E-state index in [1.54, 1.807) is 25.2 Å². The Hall–Kier alpha value is -4.47. The smallest absolute Gasteiger partial charge is 0.372 e. The molecule has 1 saturated heterocycles. The molecule has 0 atom stereocenters. The van der Waals surface area contributed by atoms with Gasteiger partial charge in [0.15, 0.2) is 0 Å². The van der Waals surface area contributed by atoms with Gasteiger partial charge >= 0.3 is 6.18 Å². The van der Waals surface area contributed by atoms with Crippen LogP contribution >= 0.6 is 0 Å². The largest absolute Gasteiger partial charge is 0.416 e. The zero-order valence-corrected chi connectivity index (χ0v) is 23.0. The van der Waals surface area contributed by atoms with Gasteiger partial charge in [0.2, 0.25) is 5.95 Å². The lowest BCUT2D eigenvalue weighted by atomic mass is 10.0. The molecule has 2 aromatic carbocycles. The van der Waals surface area contributed by atoms with E-state index in [4.69, 9.17) is 11.1 Å². The van der Waals surface area contributed by atoms with Crippen molar-refractivity contribution in [3.63, 3.8) is 0 Å². The number of halogens is 3. The summed E-state index contributed by atoms with van der Waals surface area (Å²) in [5.41, 5.74) is 7.31. The summed E-state index contributed by atoms with van der Waals surface area (Å²) in [5, 5.41) is 13.1. The van der Waals surface area contributed by atoms with E-state index in [1.165, 1.54) is 12.1 Å². The second-order valence-electron chi connectivity index (χ2n) is 9.77. The Morgan fingerprint density at radius 2 is 1.85 bits per heavy atom. The number of amides is 1. The number of piperazine rings is 1. The van der Waals surface area contributed by atoms with Gasteiger partial charge in [0.25, 0.3) is 5.91 Å². The molecule has 0 saturated carbocycles. The highest BCUT2D eigenvalue weighted by molar-refractivity contribution is 6.04. The number of nitrogens with zero attached hydrogens (tertiary/aromatic N) is 4. The second-order valence-corrected chi connectivity index (χ2v) is 9.77. The van der Waals surface area contributed by atoms with Crippen molar-refractivity contribution in [3.8, 4) is 11.8 Å². The molecule has 12 heteroatoms. The molecule has 1 amide bonds. The van der Waals surface area contributed by atoms with Gasteiger partial charge in [-0.1, -0.05) is 18.1 Å². The maximum Gasteiger partial charge on any atom is 0.416 e. The Labute approximate surface area is 236 Å². The molecule has 41 heavy (non-hydrogen) atoms. The second kappa shape index (κ2) is 12.4. The van der Waals surface area contributed by atoms with Crippen LogP contribution in [0, 0.1) is 24.2 Å². The number of nitrogens with one attached hydrogen (secondary N) is 3. The van der Waals surface area contributed by atoms with Crippen LogP contribution in [-0.4, -0.2) is 72.2 Å². The highest BCUT2D eigenvalue weighted by Crippen LogP contribution is 2.34. The molecule has 214 valence electrons. The highest BCUT2D eigenvalue weighted by atomic mass is 19.4. The van der Waals surface area contributed by atoms with Crippen LogP contribution in [0.25, 0.3) is 0 Å². The topological polar surface area (TPSA) is 123 Å². The van der Waals surface area contributed by atoms with Gasteiger partial charge in [0.1, 0.15) is 11.5 Å². The number of alkyl halides is 3. The molecule has 1 aromatic heterocycles. The number of carbonyl (C=O) groups is 1. The van der Waals surface area contributed by atoms with Gasteiger partial charge in [-0.25, -0.2) is 4.98 Å². The SMILES string of the molecule is CNc1nc(N)nc(C#Cc2cc(C(=O)Nc3ccc(CN4CCN(C)CC4)c(C(F)(F)F)c3)ccc2C)c1C=N. The van der Waals surface area contributed by atoms with Crippen molar-refractivity contribution in [2.75, 3.05) is 56.6 Å². The Balaban J connectivity index is 1.57. The summed E-state index contributed by atoms with van der Waals surface area (Å²) in [7, 11) is 3.62. The number of nitrogens with two attached hydrogens (primary N) is 1. The first-order chi connectivity index (χ1) is 19.5. The van der Waals surface area contributed by atoms with Crippen LogP contribution in [0.3, 0.4) is 0 Å². The summed E-state index contributed by atoms with van der Waals surface area (Å²) < 4.78 is 41.9. The number of rotatable bonds is 6. The fourth-order valence-corrected chi connectivity index (χ4v) is 4.44. The fraction of sp³-hybridized carbons (Fsp3) is 0.310. The number of nitrogen functional groups attached to an aromatic ring is 1. The van der Waals surface area contributed by atoms with E-state index in [0.29, 0.717) is 30.0 Å². The fourth-order valence-electron chi connectivity index (χ4n) is 4.44. The summed E-state index contributed by atoms with van der Waals surface area (Å²) in [6.07, 6.45) is -3.50. The molecular weight excluding hydrogens is 533 g/mol. The zero-order chi connectivity index (χ0) is 29.7. The third-order valence-electron chi connectivity index (χ3n) is 6.82. The van der Waals surface area contributed by atoms with Gasteiger partial charge in [-0.05, 0) is 55.3 Å². The van der Waals surface area contributed by atoms with Gasteiger partial charge in [-0.15, -0.1) is 0 Å². The number of aryl methyl sites for hydroxylation is 1. The Kier molecular flexibility index (Phi) is 8.90. The Morgan fingerprint density at radius 1 is 1.12 bits per heavy atom. The molecule has 1 aliphatic rings. The lowest BCUT2D eigenvalue weighted by molar-refractivity contribution is -0.138. The minimum atomic E-state index is -4.57. The van der Waals surface area contributed by atoms with E-state index in [2.05, 4.69) is 37.3 Å². The van der Waals surface area contributed by atoms with E-state index < -0.39 is 17.6 Å². The molecule has 1 fully saturated rings. The summed E-state index contributed by atoms with van der Waals surface area (Å²) in [6.45, 7) is 4.97. The molecule has 0 spiro atoms. The first kappa shape index (κ1) is 29.5. The lowest BCUT2D eigenvalue weighted by Crippen LogP contribution is -2.44. The van der Waals surface area contributed by atoms with Gasteiger partial charge in [-0.2, -0.15) is 18.2 Å². The third kappa shape index (κ3) is 7.19. The molecule has 3 aromatic rings. The zero-order valence-electron chi connectivity index (χ0n) is 23.0. The van der Waals surface area contributed by atoms with Crippen molar-refractivity contribution in [2.45, 2.75) is 19.6 Å². The van der Waals surface area contributed by atoms with Crippen LogP contribution in [0.15, 0.2) is 36.4 Å². The van der Waals surface area contributed by atoms with Crippen molar-refractivity contribution in [1.29, 1.82) is 5.41 Å². The van der Waals surface area contributed by atoms with Crippen LogP contribution in [0.4, 0.5) is 30.6 Å². The van der Waals surface area contributed by atoms with E-state index >= 15 is 0 Å². The minimum absolute atomic E-state index is 0.0122. The maximum absolute atomic E-state index is 14.0. The van der Waals surface area contributed by atoms with Crippen molar-refractivity contribution in [2.24, 2.45) is 0 Å². The van der Waals surface area contributed by atoms with Gasteiger partial charge in [0.05, 0.1) is 11.1 Å². The van der Waals surface area contributed by atoms with Gasteiger partial charge < -0.3 is 26.7 Å². The van der Waals surface area contributed by atoms with Crippen molar-refractivity contribution in [3.05, 3.63) is 75.5 Å². The lowest BCUT2D eigenvalue weighted by Gasteiger charge is -2.33. The summed E-state index contributed by atoms with van der Waals surface area (Å²) in [4.78, 5) is 25.3. The van der Waals surface area contributed by atoms with Crippen molar-refractivity contribution >= 4 is 29.6 Å². The molecule has 0 radical (unpaired) electrons. The summed E-state index contributed by atoms with van der Waals surface area (Å²) >= 11 is 0. The highest BCUT2D eigenvalue weighted by Gasteiger charge is 2.34. The van der Waals surface area contributed by atoms with Gasteiger partial charge in [-0.3, -0.25) is 9.69 Å². The summed E-state index contributed by atoms with van der Waals surface area (Å²) in [5.74, 6) is 5.61. The van der Waals surface area contributed by atoms with E-state index in [-0.39, 0.29) is 35.0 Å². The normalized spacial score (nSPS) is 14.2. The van der Waals surface area contributed by atoms with Crippen LogP contribution in [0.5, 0.6) is 0 Å². The monoisotopic (exact) mass is 564 g/mol. The molecule has 1 aliphatic heterocycles. The molecule has 2 heterocycles. The number of carbonyl (C=O) groups excluding carboxylic acids is 1. The van der Waals surface area contributed by atoms with Gasteiger partial charge in [0, 0.05) is 62.8 Å². The number of aromatic nitrogens is 2. The first-order valence-electron chi connectivity index (χ1n) is 12.9. The van der Waals surface area contributed by atoms with Crippen LogP contribution in [-0.2, 0) is 12.7 Å². The van der Waals surface area contributed by atoms with E-state index in [9.17, 15) is 18.0 Å². The predicted octanol–water partition coefficient (Wildman–Crippen LogP) is 3.82. The minimum Gasteiger partial charge on any atom is -0.372 e. The average Bonchev–Trinajstić information content (AvgIpc) is 2.93. The number of benzene rings is 2. The number of likely N-dealkylation sites (N-methyl/N-ethyl adjacent to an activating group) is 1. The van der Waals surface area contributed by atoms with Crippen LogP contribution in [0.2, 0.25) is 0 Å². The van der Waals surface area contributed by atoms with Crippen molar-refractivity contribution in [1.82, 2.24) is 19.8 Å². The molecule has 5 N–H and O–H groups in total. The summed E-state index contributed by atoms with van der Waals surface area (Å²) in [6, 6.07) is 8.73. The number of hydrogen-bond acceptors (Lipinski definition) is 8. The molecule has 9 nitrogen and oxygen atoms in total. The molecule has 0 bridgehead atoms. The Bertz CT molecular complexity index is 1520. The standard InChI is InChI=1S/C29H31F3N8O/c1-18-4-5-20(14-19(18)7-9-25-23(16-33)26(35-2)38-28(34)37-25)27(41)36-22-8-6-21(24(15-22)29(30,31)32)17-40-12-10-39(3)11-13-40/h4-6,8,14-16,33H,10-13,17H2,1-3H3,(H,36,41)(H3,34,35,37,38). The predicted molar refractivity (Wildman–Crippen MR) is 153 cm³/mol.